The number of rotatable bonds is 4. The lowest BCUT2D eigenvalue weighted by atomic mass is 10.2. The first-order valence-corrected chi connectivity index (χ1v) is 3.61. The van der Waals surface area contributed by atoms with Crippen LogP contribution in [-0.2, 0) is 0 Å². The Hall–Kier alpha value is -0.810. The molecule has 0 aliphatic heterocycles. The summed E-state index contributed by atoms with van der Waals surface area (Å²) in [6, 6.07) is 0.109. The molecule has 0 saturated heterocycles. The summed E-state index contributed by atoms with van der Waals surface area (Å²) >= 11 is 0. The van der Waals surface area contributed by atoms with E-state index < -0.39 is 0 Å². The van der Waals surface area contributed by atoms with Crippen molar-refractivity contribution in [2.45, 2.75) is 25.8 Å². The zero-order chi connectivity index (χ0) is 8.69. The van der Waals surface area contributed by atoms with Crippen LogP contribution in [0.15, 0.2) is 4.99 Å². The van der Waals surface area contributed by atoms with Crippen molar-refractivity contribution in [1.29, 1.82) is 0 Å². The van der Waals surface area contributed by atoms with Gasteiger partial charge in [0.1, 0.15) is 0 Å². The van der Waals surface area contributed by atoms with E-state index in [0.29, 0.717) is 0 Å². The number of aliphatic hydroxyl groups excluding tert-OH is 1. The number of hydrogen-bond donors (Lipinski definition) is 4. The molecule has 0 aromatic carbocycles. The average molecular weight is 160 g/mol. The predicted molar refractivity (Wildman–Crippen MR) is 44.7 cm³/mol. The van der Waals surface area contributed by atoms with Crippen LogP contribution in [0, 0.1) is 0 Å². The Kier molecular flexibility index (Phi) is 5.50. The highest BCUT2D eigenvalue weighted by atomic mass is 16.2. The van der Waals surface area contributed by atoms with Crippen LogP contribution >= 0.6 is 0 Å². The third kappa shape index (κ3) is 5.63. The zero-order valence-corrected chi connectivity index (χ0v) is 6.75. The molecule has 66 valence electrons. The van der Waals surface area contributed by atoms with E-state index in [1.807, 2.05) is 6.92 Å². The van der Waals surface area contributed by atoms with Crippen molar-refractivity contribution >= 4 is 5.96 Å². The van der Waals surface area contributed by atoms with Gasteiger partial charge in [-0.2, -0.15) is 0 Å². The fraction of sp³-hybridized carbons (Fsp3) is 0.833. The molecule has 1 atom stereocenters. The first-order valence-electron chi connectivity index (χ1n) is 3.61. The topological polar surface area (TPSA) is 96.7 Å². The van der Waals surface area contributed by atoms with Crippen molar-refractivity contribution in [2.75, 3.05) is 6.61 Å². The third-order valence-electron chi connectivity index (χ3n) is 1.29. The van der Waals surface area contributed by atoms with E-state index in [1.54, 1.807) is 0 Å². The summed E-state index contributed by atoms with van der Waals surface area (Å²) in [5.41, 5.74) is 7.53. The number of nitrogens with zero attached hydrogens (tertiary/aromatic N) is 1. The Balaban J connectivity index is 3.57. The van der Waals surface area contributed by atoms with Crippen LogP contribution < -0.4 is 17.0 Å². The van der Waals surface area contributed by atoms with Crippen molar-refractivity contribution in [3.05, 3.63) is 0 Å². The van der Waals surface area contributed by atoms with Gasteiger partial charge in [0.15, 0.2) is 0 Å². The van der Waals surface area contributed by atoms with E-state index in [-0.39, 0.29) is 18.6 Å². The van der Waals surface area contributed by atoms with Gasteiger partial charge in [-0.25, -0.2) is 10.8 Å². The minimum absolute atomic E-state index is 0.109. The van der Waals surface area contributed by atoms with Gasteiger partial charge in [-0.3, -0.25) is 5.43 Å². The van der Waals surface area contributed by atoms with Crippen molar-refractivity contribution in [2.24, 2.45) is 16.6 Å². The van der Waals surface area contributed by atoms with Crippen LogP contribution in [0.3, 0.4) is 0 Å². The molecule has 5 heteroatoms. The van der Waals surface area contributed by atoms with Crippen molar-refractivity contribution in [3.8, 4) is 0 Å². The molecule has 0 aromatic rings. The summed E-state index contributed by atoms with van der Waals surface area (Å²) in [5.74, 6) is 5.23. The molecule has 0 saturated carbocycles. The minimum atomic E-state index is 0.109. The SMILES string of the molecule is CC(CCCO)N=C(N)NN. The molecule has 0 aromatic heterocycles. The molecule has 0 fully saturated rings. The van der Waals surface area contributed by atoms with Crippen LogP contribution in [0.25, 0.3) is 0 Å². The summed E-state index contributed by atoms with van der Waals surface area (Å²) in [5, 5.41) is 8.49. The van der Waals surface area contributed by atoms with E-state index in [0.717, 1.165) is 12.8 Å². The summed E-state index contributed by atoms with van der Waals surface area (Å²) < 4.78 is 0. The maximum absolute atomic E-state index is 8.49. The highest BCUT2D eigenvalue weighted by molar-refractivity contribution is 5.77. The molecule has 1 unspecified atom stereocenters. The molecule has 5 nitrogen and oxygen atoms in total. The van der Waals surface area contributed by atoms with Crippen molar-refractivity contribution in [1.82, 2.24) is 5.43 Å². The number of nitrogens with two attached hydrogens (primary N) is 2. The van der Waals surface area contributed by atoms with Crippen LogP contribution in [0.1, 0.15) is 19.8 Å². The number of aliphatic hydroxyl groups is 1. The fourth-order valence-electron chi connectivity index (χ4n) is 0.726. The van der Waals surface area contributed by atoms with Gasteiger partial charge in [-0.1, -0.05) is 0 Å². The van der Waals surface area contributed by atoms with Crippen LogP contribution in [0.2, 0.25) is 0 Å². The number of nitrogens with one attached hydrogen (secondary N) is 1. The van der Waals surface area contributed by atoms with Crippen LogP contribution in [0.4, 0.5) is 0 Å². The lowest BCUT2D eigenvalue weighted by Crippen LogP contribution is -2.37. The molecular weight excluding hydrogens is 144 g/mol. The summed E-state index contributed by atoms with van der Waals surface area (Å²) in [6.45, 7) is 2.11. The molecule has 11 heavy (non-hydrogen) atoms. The van der Waals surface area contributed by atoms with Gasteiger partial charge >= 0.3 is 0 Å². The van der Waals surface area contributed by atoms with Gasteiger partial charge in [-0.05, 0) is 19.8 Å². The zero-order valence-electron chi connectivity index (χ0n) is 6.75. The maximum Gasteiger partial charge on any atom is 0.203 e. The van der Waals surface area contributed by atoms with Gasteiger partial charge in [0.05, 0.1) is 6.04 Å². The second kappa shape index (κ2) is 5.94. The van der Waals surface area contributed by atoms with Gasteiger partial charge in [0.25, 0.3) is 0 Å². The number of guanidine groups is 1. The smallest absolute Gasteiger partial charge is 0.203 e. The molecule has 0 aliphatic rings. The maximum atomic E-state index is 8.49. The lowest BCUT2D eigenvalue weighted by Gasteiger charge is -2.05. The second-order valence-electron chi connectivity index (χ2n) is 2.37. The normalized spacial score (nSPS) is 14.6. The van der Waals surface area contributed by atoms with Crippen LogP contribution in [0.5, 0.6) is 0 Å². The average Bonchev–Trinajstić information content (AvgIpc) is 2.00. The van der Waals surface area contributed by atoms with Crippen LogP contribution in [-0.4, -0.2) is 23.7 Å². The number of hydrazine groups is 1. The highest BCUT2D eigenvalue weighted by Gasteiger charge is 1.98. The molecule has 0 rings (SSSR count). The second-order valence-corrected chi connectivity index (χ2v) is 2.37. The molecule has 0 amide bonds. The molecular formula is C6H16N4O. The first-order chi connectivity index (χ1) is 5.20. The Bertz CT molecular complexity index is 126. The molecule has 0 radical (unpaired) electrons. The number of hydrogen-bond acceptors (Lipinski definition) is 3. The minimum Gasteiger partial charge on any atom is -0.396 e. The van der Waals surface area contributed by atoms with E-state index in [4.69, 9.17) is 16.7 Å². The molecule has 0 aliphatic carbocycles. The molecule has 0 bridgehead atoms. The van der Waals surface area contributed by atoms with Gasteiger partial charge in [-0.15, -0.1) is 0 Å². The lowest BCUT2D eigenvalue weighted by molar-refractivity contribution is 0.281. The first kappa shape index (κ1) is 10.2. The van der Waals surface area contributed by atoms with Crippen molar-refractivity contribution in [3.63, 3.8) is 0 Å². The summed E-state index contributed by atoms with van der Waals surface area (Å²) in [7, 11) is 0. The fourth-order valence-corrected chi connectivity index (χ4v) is 0.726. The van der Waals surface area contributed by atoms with E-state index in [2.05, 4.69) is 10.4 Å². The molecule has 6 N–H and O–H groups in total. The van der Waals surface area contributed by atoms with Gasteiger partial charge in [0, 0.05) is 6.61 Å². The van der Waals surface area contributed by atoms with E-state index >= 15 is 0 Å². The monoisotopic (exact) mass is 160 g/mol. The summed E-state index contributed by atoms with van der Waals surface area (Å²) in [6.07, 6.45) is 1.56. The van der Waals surface area contributed by atoms with E-state index in [1.165, 1.54) is 0 Å². The Morgan fingerprint density at radius 3 is 2.82 bits per heavy atom. The molecule has 0 heterocycles. The quantitative estimate of drug-likeness (QED) is 0.182. The Labute approximate surface area is 66.5 Å². The van der Waals surface area contributed by atoms with E-state index in [9.17, 15) is 0 Å². The highest BCUT2D eigenvalue weighted by Crippen LogP contribution is 1.98. The van der Waals surface area contributed by atoms with Gasteiger partial charge < -0.3 is 10.8 Å². The standard InChI is InChI=1S/C6H16N4O/c1-5(3-2-4-11)9-6(7)10-8/h5,11H,2-4,8H2,1H3,(H3,7,9,10). The van der Waals surface area contributed by atoms with Gasteiger partial charge in [0.2, 0.25) is 5.96 Å². The largest absolute Gasteiger partial charge is 0.396 e. The number of aliphatic imine (C=N–C) groups is 1. The molecule has 0 spiro atoms. The third-order valence-corrected chi connectivity index (χ3v) is 1.29. The predicted octanol–water partition coefficient (Wildman–Crippen LogP) is -1.07. The Morgan fingerprint density at radius 1 is 1.73 bits per heavy atom. The van der Waals surface area contributed by atoms with Crippen molar-refractivity contribution < 1.29 is 5.11 Å². The Morgan fingerprint density at radius 2 is 2.36 bits per heavy atom. The summed E-state index contributed by atoms with van der Waals surface area (Å²) in [4.78, 5) is 3.98.